The maximum Gasteiger partial charge on any atom is 0.181 e. The normalized spacial score (nSPS) is 11.6. The second kappa shape index (κ2) is 12.6. The number of rotatable bonds is 6. The van der Waals surface area contributed by atoms with Crippen LogP contribution in [0.3, 0.4) is 0 Å². The molecular formula is C50H33N5. The number of aromatic nitrogens is 5. The smallest absolute Gasteiger partial charge is 0.181 e. The van der Waals surface area contributed by atoms with Crippen LogP contribution < -0.4 is 0 Å². The number of benzene rings is 8. The van der Waals surface area contributed by atoms with Gasteiger partial charge in [0.25, 0.3) is 0 Å². The molecule has 11 rings (SSSR count). The highest BCUT2D eigenvalue weighted by Gasteiger charge is 2.17. The Morgan fingerprint density at radius 3 is 1.64 bits per heavy atom. The molecule has 5 nitrogen and oxygen atoms in total. The molecule has 3 aromatic heterocycles. The fourth-order valence-electron chi connectivity index (χ4n) is 8.19. The Hall–Kier alpha value is -7.50. The monoisotopic (exact) mass is 703 g/mol. The molecule has 0 saturated carbocycles. The largest absolute Gasteiger partial charge is 0.309 e. The third-order valence-electron chi connectivity index (χ3n) is 10.8. The molecule has 5 heteroatoms. The fraction of sp³-hybridized carbons (Fsp3) is 0. The van der Waals surface area contributed by atoms with E-state index in [-0.39, 0.29) is 0 Å². The third kappa shape index (κ3) is 5.17. The van der Waals surface area contributed by atoms with Crippen LogP contribution in [0.1, 0.15) is 0 Å². The lowest BCUT2D eigenvalue weighted by Crippen LogP contribution is -1.95. The lowest BCUT2D eigenvalue weighted by molar-refractivity contribution is 1.10. The lowest BCUT2D eigenvalue weighted by Gasteiger charge is -2.10. The van der Waals surface area contributed by atoms with Gasteiger partial charge < -0.3 is 9.13 Å². The molecule has 0 unspecified atom stereocenters. The SMILES string of the molecule is c1ccc(-c2ccc(-c3n[nH]c(-c4cccc(-n5c6ccccc6c6cc(-c7ccc8c9ccccc9n(-c9ccccc9)c8c7)ccc65)c4)n3)cc2)cc1. The van der Waals surface area contributed by atoms with Crippen LogP contribution in [0.5, 0.6) is 0 Å². The van der Waals surface area contributed by atoms with Crippen molar-refractivity contribution in [3.63, 3.8) is 0 Å². The zero-order chi connectivity index (χ0) is 36.3. The Kier molecular flexibility index (Phi) is 7.10. The Balaban J connectivity index is 0.983. The number of hydrogen-bond acceptors (Lipinski definition) is 2. The first-order chi connectivity index (χ1) is 27.3. The summed E-state index contributed by atoms with van der Waals surface area (Å²) in [6.45, 7) is 0. The van der Waals surface area contributed by atoms with Crippen molar-refractivity contribution in [1.82, 2.24) is 24.3 Å². The highest BCUT2D eigenvalue weighted by atomic mass is 15.2. The van der Waals surface area contributed by atoms with Gasteiger partial charge >= 0.3 is 0 Å². The van der Waals surface area contributed by atoms with Crippen LogP contribution >= 0.6 is 0 Å². The van der Waals surface area contributed by atoms with E-state index in [1.807, 2.05) is 6.07 Å². The molecule has 1 N–H and O–H groups in total. The predicted molar refractivity (Wildman–Crippen MR) is 227 cm³/mol. The molecule has 0 aliphatic heterocycles. The topological polar surface area (TPSA) is 51.4 Å². The highest BCUT2D eigenvalue weighted by molar-refractivity contribution is 6.12. The van der Waals surface area contributed by atoms with E-state index in [1.165, 1.54) is 54.8 Å². The van der Waals surface area contributed by atoms with Crippen LogP contribution in [0.2, 0.25) is 0 Å². The van der Waals surface area contributed by atoms with Gasteiger partial charge in [0.15, 0.2) is 11.6 Å². The fourth-order valence-corrected chi connectivity index (χ4v) is 8.19. The van der Waals surface area contributed by atoms with Gasteiger partial charge in [0, 0.05) is 44.0 Å². The summed E-state index contributed by atoms with van der Waals surface area (Å²) in [6.07, 6.45) is 0. The second-order valence-electron chi connectivity index (χ2n) is 14.0. The predicted octanol–water partition coefficient (Wildman–Crippen LogP) is 12.7. The molecule has 55 heavy (non-hydrogen) atoms. The Labute approximate surface area is 317 Å². The molecule has 258 valence electrons. The van der Waals surface area contributed by atoms with E-state index in [9.17, 15) is 0 Å². The van der Waals surface area contributed by atoms with Gasteiger partial charge in [-0.05, 0) is 76.9 Å². The van der Waals surface area contributed by atoms with Crippen molar-refractivity contribution in [3.8, 4) is 56.4 Å². The van der Waals surface area contributed by atoms with Gasteiger partial charge in [-0.25, -0.2) is 4.98 Å². The van der Waals surface area contributed by atoms with Gasteiger partial charge in [-0.1, -0.05) is 140 Å². The molecule has 0 aliphatic rings. The van der Waals surface area contributed by atoms with Crippen molar-refractivity contribution in [2.75, 3.05) is 0 Å². The number of nitrogens with zero attached hydrogens (tertiary/aromatic N) is 4. The van der Waals surface area contributed by atoms with Crippen LogP contribution in [-0.2, 0) is 0 Å². The first-order valence-electron chi connectivity index (χ1n) is 18.6. The number of aromatic amines is 1. The van der Waals surface area contributed by atoms with Crippen LogP contribution in [0.4, 0.5) is 0 Å². The van der Waals surface area contributed by atoms with Gasteiger partial charge in [0.1, 0.15) is 0 Å². The molecule has 0 saturated heterocycles. The molecule has 0 aliphatic carbocycles. The molecule has 3 heterocycles. The summed E-state index contributed by atoms with van der Waals surface area (Å²) < 4.78 is 4.73. The number of H-pyrrole nitrogens is 1. The molecule has 0 atom stereocenters. The summed E-state index contributed by atoms with van der Waals surface area (Å²) in [5, 5.41) is 12.7. The van der Waals surface area contributed by atoms with Crippen molar-refractivity contribution < 1.29 is 0 Å². The minimum Gasteiger partial charge on any atom is -0.309 e. The van der Waals surface area contributed by atoms with Gasteiger partial charge in [-0.2, -0.15) is 5.10 Å². The Bertz CT molecular complexity index is 3190. The van der Waals surface area contributed by atoms with Gasteiger partial charge in [-0.15, -0.1) is 0 Å². The number of fused-ring (bicyclic) bond motifs is 6. The molecule has 0 fully saturated rings. The van der Waals surface area contributed by atoms with Crippen molar-refractivity contribution in [3.05, 3.63) is 194 Å². The van der Waals surface area contributed by atoms with Crippen molar-refractivity contribution >= 4 is 43.6 Å². The molecule has 11 aromatic rings. The average molecular weight is 704 g/mol. The van der Waals surface area contributed by atoms with Gasteiger partial charge in [-0.3, -0.25) is 5.10 Å². The van der Waals surface area contributed by atoms with Crippen molar-refractivity contribution in [2.45, 2.75) is 0 Å². The first kappa shape index (κ1) is 31.1. The van der Waals surface area contributed by atoms with E-state index in [4.69, 9.17) is 4.98 Å². The molecule has 0 amide bonds. The van der Waals surface area contributed by atoms with E-state index >= 15 is 0 Å². The summed E-state index contributed by atoms with van der Waals surface area (Å²) in [4.78, 5) is 4.93. The zero-order valence-corrected chi connectivity index (χ0v) is 29.8. The second-order valence-corrected chi connectivity index (χ2v) is 14.0. The van der Waals surface area contributed by atoms with Crippen LogP contribution in [-0.4, -0.2) is 24.3 Å². The van der Waals surface area contributed by atoms with Crippen molar-refractivity contribution in [1.29, 1.82) is 0 Å². The lowest BCUT2D eigenvalue weighted by atomic mass is 10.0. The third-order valence-corrected chi connectivity index (χ3v) is 10.8. The quantitative estimate of drug-likeness (QED) is 0.187. The Morgan fingerprint density at radius 1 is 0.327 bits per heavy atom. The van der Waals surface area contributed by atoms with E-state index in [2.05, 4.69) is 207 Å². The van der Waals surface area contributed by atoms with Crippen molar-refractivity contribution in [2.24, 2.45) is 0 Å². The Morgan fingerprint density at radius 2 is 0.855 bits per heavy atom. The first-order valence-corrected chi connectivity index (χ1v) is 18.6. The number of hydrogen-bond donors (Lipinski definition) is 1. The maximum atomic E-state index is 4.93. The summed E-state index contributed by atoms with van der Waals surface area (Å²) in [6, 6.07) is 69.1. The molecule has 0 spiro atoms. The van der Waals surface area contributed by atoms with Crippen LogP contribution in [0.15, 0.2) is 194 Å². The summed E-state index contributed by atoms with van der Waals surface area (Å²) in [7, 11) is 0. The maximum absolute atomic E-state index is 4.93. The number of para-hydroxylation sites is 3. The molecule has 8 aromatic carbocycles. The number of nitrogens with one attached hydrogen (secondary N) is 1. The average Bonchev–Trinajstić information content (AvgIpc) is 3.97. The van der Waals surface area contributed by atoms with Crippen LogP contribution in [0, 0.1) is 0 Å². The minimum atomic E-state index is 0.673. The van der Waals surface area contributed by atoms with E-state index in [0.29, 0.717) is 5.82 Å². The zero-order valence-electron chi connectivity index (χ0n) is 29.8. The van der Waals surface area contributed by atoms with Gasteiger partial charge in [0.05, 0.1) is 22.1 Å². The minimum absolute atomic E-state index is 0.673. The standard InChI is InChI=1S/C50H33N5/c1-3-12-33(13-4-1)34-22-24-35(25-23-34)49-51-50(53-52-49)38-14-11-17-40(30-38)55-46-21-10-8-19-42(46)44-31-36(27-29-47(44)55)37-26-28-43-41-18-7-9-20-45(41)54(48(43)32-37)39-15-5-2-6-16-39/h1-32H,(H,51,52,53). The van der Waals surface area contributed by atoms with Gasteiger partial charge in [0.2, 0.25) is 0 Å². The summed E-state index contributed by atoms with van der Waals surface area (Å²) in [5.41, 5.74) is 13.6. The van der Waals surface area contributed by atoms with E-state index in [1.54, 1.807) is 0 Å². The van der Waals surface area contributed by atoms with E-state index < -0.39 is 0 Å². The molecule has 0 bridgehead atoms. The van der Waals surface area contributed by atoms with E-state index in [0.717, 1.165) is 39.4 Å². The highest BCUT2D eigenvalue weighted by Crippen LogP contribution is 2.38. The summed E-state index contributed by atoms with van der Waals surface area (Å²) in [5.74, 6) is 1.40. The summed E-state index contributed by atoms with van der Waals surface area (Å²) >= 11 is 0. The molecular weight excluding hydrogens is 671 g/mol. The van der Waals surface area contributed by atoms with Crippen LogP contribution in [0.25, 0.3) is 100 Å². The molecule has 0 radical (unpaired) electrons.